The van der Waals surface area contributed by atoms with Crippen LogP contribution < -0.4 is 0 Å². The average molecular weight is 179 g/mol. The summed E-state index contributed by atoms with van der Waals surface area (Å²) in [6, 6.07) is 4.18. The molecule has 64 valence electrons. The van der Waals surface area contributed by atoms with Crippen molar-refractivity contribution in [2.45, 2.75) is 13.8 Å². The molecule has 1 heterocycles. The van der Waals surface area contributed by atoms with Crippen molar-refractivity contribution in [1.82, 2.24) is 0 Å². The van der Waals surface area contributed by atoms with Crippen LogP contribution in [0.4, 0.5) is 0 Å². The van der Waals surface area contributed by atoms with E-state index in [4.69, 9.17) is 0 Å². The second-order valence-electron chi connectivity index (χ2n) is 2.49. The van der Waals surface area contributed by atoms with Gasteiger partial charge in [0.1, 0.15) is 0 Å². The van der Waals surface area contributed by atoms with E-state index in [-0.39, 0.29) is 0 Å². The van der Waals surface area contributed by atoms with Crippen LogP contribution in [0.5, 0.6) is 0 Å². The van der Waals surface area contributed by atoms with Crippen molar-refractivity contribution in [2.75, 3.05) is 7.05 Å². The molecule has 0 unspecified atom stereocenters. The maximum absolute atomic E-state index is 4.17. The molecule has 0 amide bonds. The van der Waals surface area contributed by atoms with Gasteiger partial charge in [0.25, 0.3) is 0 Å². The lowest BCUT2D eigenvalue weighted by Gasteiger charge is -2.01. The highest BCUT2D eigenvalue weighted by atomic mass is 32.1. The molecule has 0 aromatic carbocycles. The number of nitrogens with zero attached hydrogens (tertiary/aromatic N) is 1. The number of hydrogen-bond donors (Lipinski definition) is 0. The van der Waals surface area contributed by atoms with Crippen molar-refractivity contribution in [3.63, 3.8) is 0 Å². The van der Waals surface area contributed by atoms with Gasteiger partial charge in [-0.25, -0.2) is 0 Å². The number of aliphatic imine (C=N–C) groups is 1. The largest absolute Gasteiger partial charge is 0.293 e. The van der Waals surface area contributed by atoms with E-state index in [1.54, 1.807) is 11.3 Å². The molecule has 0 aliphatic carbocycles. The van der Waals surface area contributed by atoms with Crippen LogP contribution in [0.3, 0.4) is 0 Å². The predicted molar refractivity (Wildman–Crippen MR) is 57.0 cm³/mol. The van der Waals surface area contributed by atoms with Gasteiger partial charge in [-0.3, -0.25) is 4.99 Å². The van der Waals surface area contributed by atoms with Crippen LogP contribution in [0.1, 0.15) is 18.7 Å². The fourth-order valence-electron chi connectivity index (χ4n) is 1.08. The van der Waals surface area contributed by atoms with Crippen molar-refractivity contribution >= 4 is 22.6 Å². The van der Waals surface area contributed by atoms with E-state index in [0.717, 1.165) is 5.71 Å². The highest BCUT2D eigenvalue weighted by molar-refractivity contribution is 7.11. The Hall–Kier alpha value is -0.890. The van der Waals surface area contributed by atoms with Gasteiger partial charge >= 0.3 is 0 Å². The standard InChI is InChI=1S/C10H13NS/c1-4-9(8(2)11-3)10-6-5-7-12-10/h4-7H,1-3H3/b9-4+,11-8-. The second-order valence-corrected chi connectivity index (χ2v) is 3.44. The van der Waals surface area contributed by atoms with Crippen LogP contribution in [0.15, 0.2) is 28.6 Å². The van der Waals surface area contributed by atoms with Gasteiger partial charge in [0.2, 0.25) is 0 Å². The summed E-state index contributed by atoms with van der Waals surface area (Å²) in [5, 5.41) is 2.09. The minimum absolute atomic E-state index is 1.10. The molecular weight excluding hydrogens is 166 g/mol. The first-order valence-corrected chi connectivity index (χ1v) is 4.81. The fraction of sp³-hybridized carbons (Fsp3) is 0.300. The van der Waals surface area contributed by atoms with Crippen molar-refractivity contribution in [3.8, 4) is 0 Å². The second kappa shape index (κ2) is 4.21. The minimum Gasteiger partial charge on any atom is -0.293 e. The molecule has 0 fully saturated rings. The Kier molecular flexibility index (Phi) is 3.23. The molecule has 0 aliphatic rings. The van der Waals surface area contributed by atoms with Gasteiger partial charge in [-0.1, -0.05) is 12.1 Å². The zero-order chi connectivity index (χ0) is 8.97. The van der Waals surface area contributed by atoms with Gasteiger partial charge < -0.3 is 0 Å². The SMILES string of the molecule is C/C=C(\C(C)=N/C)c1cccs1. The summed E-state index contributed by atoms with van der Waals surface area (Å²) >= 11 is 1.75. The van der Waals surface area contributed by atoms with Gasteiger partial charge in [-0.15, -0.1) is 11.3 Å². The van der Waals surface area contributed by atoms with E-state index >= 15 is 0 Å². The first kappa shape index (κ1) is 9.20. The summed E-state index contributed by atoms with van der Waals surface area (Å²) in [6.07, 6.45) is 2.11. The Bertz CT molecular complexity index is 294. The van der Waals surface area contributed by atoms with Crippen LogP contribution in [0, 0.1) is 0 Å². The Balaban J connectivity index is 3.01. The molecule has 1 aromatic heterocycles. The average Bonchev–Trinajstić information content (AvgIpc) is 2.58. The first-order valence-electron chi connectivity index (χ1n) is 3.93. The Morgan fingerprint density at radius 3 is 2.75 bits per heavy atom. The Morgan fingerprint density at radius 1 is 1.58 bits per heavy atom. The lowest BCUT2D eigenvalue weighted by Crippen LogP contribution is -1.93. The summed E-state index contributed by atoms with van der Waals surface area (Å²) < 4.78 is 0. The maximum atomic E-state index is 4.17. The summed E-state index contributed by atoms with van der Waals surface area (Å²) in [7, 11) is 1.83. The molecule has 12 heavy (non-hydrogen) atoms. The molecule has 0 atom stereocenters. The molecule has 0 aliphatic heterocycles. The van der Waals surface area contributed by atoms with E-state index < -0.39 is 0 Å². The molecule has 0 radical (unpaired) electrons. The molecule has 2 heteroatoms. The molecule has 0 N–H and O–H groups in total. The highest BCUT2D eigenvalue weighted by Gasteiger charge is 2.03. The van der Waals surface area contributed by atoms with E-state index in [2.05, 4.69) is 28.6 Å². The van der Waals surface area contributed by atoms with Gasteiger partial charge in [0.15, 0.2) is 0 Å². The maximum Gasteiger partial charge on any atom is 0.0397 e. The van der Waals surface area contributed by atoms with Gasteiger partial charge in [-0.2, -0.15) is 0 Å². The number of rotatable bonds is 2. The Labute approximate surface area is 77.5 Å². The van der Waals surface area contributed by atoms with E-state index in [1.807, 2.05) is 20.9 Å². The highest BCUT2D eigenvalue weighted by Crippen LogP contribution is 2.21. The first-order chi connectivity index (χ1) is 5.79. The lowest BCUT2D eigenvalue weighted by atomic mass is 10.1. The molecular formula is C10H13NS. The quantitative estimate of drug-likeness (QED) is 0.618. The molecule has 1 aromatic rings. The van der Waals surface area contributed by atoms with Gasteiger partial charge in [0.05, 0.1) is 0 Å². The third-order valence-corrected chi connectivity index (χ3v) is 2.70. The number of thiophene rings is 1. The molecule has 1 nitrogen and oxygen atoms in total. The van der Waals surface area contributed by atoms with Crippen molar-refractivity contribution in [2.24, 2.45) is 4.99 Å². The zero-order valence-electron chi connectivity index (χ0n) is 7.66. The summed E-state index contributed by atoms with van der Waals surface area (Å²) in [5.41, 5.74) is 2.34. The van der Waals surface area contributed by atoms with Crippen LogP contribution >= 0.6 is 11.3 Å². The van der Waals surface area contributed by atoms with Crippen LogP contribution in [-0.2, 0) is 0 Å². The summed E-state index contributed by atoms with van der Waals surface area (Å²) in [4.78, 5) is 5.46. The van der Waals surface area contributed by atoms with Crippen LogP contribution in [0.25, 0.3) is 5.57 Å². The third kappa shape index (κ3) is 1.83. The summed E-state index contributed by atoms with van der Waals surface area (Å²) in [5.74, 6) is 0. The van der Waals surface area contributed by atoms with E-state index in [9.17, 15) is 0 Å². The van der Waals surface area contributed by atoms with Crippen LogP contribution in [-0.4, -0.2) is 12.8 Å². The Morgan fingerprint density at radius 2 is 2.33 bits per heavy atom. The predicted octanol–water partition coefficient (Wildman–Crippen LogP) is 3.24. The summed E-state index contributed by atoms with van der Waals surface area (Å²) in [6.45, 7) is 4.08. The fourth-order valence-corrected chi connectivity index (χ4v) is 1.94. The van der Waals surface area contributed by atoms with Crippen molar-refractivity contribution in [1.29, 1.82) is 0 Å². The van der Waals surface area contributed by atoms with E-state index in [1.165, 1.54) is 10.5 Å². The minimum atomic E-state index is 1.10. The molecule has 0 saturated carbocycles. The van der Waals surface area contributed by atoms with Gasteiger partial charge in [-0.05, 0) is 25.3 Å². The van der Waals surface area contributed by atoms with Crippen molar-refractivity contribution in [3.05, 3.63) is 28.5 Å². The molecule has 0 spiro atoms. The topological polar surface area (TPSA) is 12.4 Å². The zero-order valence-corrected chi connectivity index (χ0v) is 8.48. The molecule has 1 rings (SSSR count). The van der Waals surface area contributed by atoms with Gasteiger partial charge in [0, 0.05) is 23.2 Å². The normalized spacial score (nSPS) is 13.6. The van der Waals surface area contributed by atoms with E-state index in [0.29, 0.717) is 0 Å². The monoisotopic (exact) mass is 179 g/mol. The smallest absolute Gasteiger partial charge is 0.0397 e. The number of allylic oxidation sites excluding steroid dienone is 2. The molecule has 0 bridgehead atoms. The molecule has 0 saturated heterocycles. The number of hydrogen-bond acceptors (Lipinski definition) is 2. The lowest BCUT2D eigenvalue weighted by molar-refractivity contribution is 1.43. The third-order valence-electron chi connectivity index (χ3n) is 1.80. The van der Waals surface area contributed by atoms with Crippen LogP contribution in [0.2, 0.25) is 0 Å². The van der Waals surface area contributed by atoms with Crippen molar-refractivity contribution < 1.29 is 0 Å².